The number of rotatable bonds is 5. The molecule has 0 saturated carbocycles. The van der Waals surface area contributed by atoms with Gasteiger partial charge in [0.1, 0.15) is 11.4 Å². The molecule has 1 aromatic carbocycles. The molecular weight excluding hydrogens is 318 g/mol. The average Bonchev–Trinajstić information content (AvgIpc) is 3.07. The van der Waals surface area contributed by atoms with Crippen molar-refractivity contribution < 1.29 is 14.3 Å². The third-order valence-electron chi connectivity index (χ3n) is 3.77. The first kappa shape index (κ1) is 16.8. The maximum atomic E-state index is 11.7. The molecule has 0 aliphatic rings. The second-order valence-corrected chi connectivity index (χ2v) is 6.06. The number of aromatic nitrogens is 3. The van der Waals surface area contributed by atoms with Crippen molar-refractivity contribution in [2.45, 2.75) is 26.9 Å². The quantitative estimate of drug-likeness (QED) is 0.527. The maximum absolute atomic E-state index is 11.7. The van der Waals surface area contributed by atoms with Gasteiger partial charge in [-0.1, -0.05) is 6.58 Å². The van der Waals surface area contributed by atoms with E-state index in [4.69, 9.17) is 9.47 Å². The lowest BCUT2D eigenvalue weighted by Crippen LogP contribution is -2.08. The van der Waals surface area contributed by atoms with Crippen LogP contribution in [-0.2, 0) is 11.8 Å². The van der Waals surface area contributed by atoms with Crippen molar-refractivity contribution in [2.75, 3.05) is 0 Å². The normalized spacial score (nSPS) is 11.1. The largest absolute Gasteiger partial charge is 0.491 e. The number of carbonyl (C=O) groups is 1. The van der Waals surface area contributed by atoms with Crippen molar-refractivity contribution in [3.8, 4) is 17.3 Å². The molecule has 130 valence electrons. The van der Waals surface area contributed by atoms with Gasteiger partial charge in [0.2, 0.25) is 0 Å². The molecule has 0 aliphatic carbocycles. The van der Waals surface area contributed by atoms with E-state index in [0.717, 1.165) is 22.7 Å². The van der Waals surface area contributed by atoms with Crippen LogP contribution in [0.2, 0.25) is 0 Å². The summed E-state index contributed by atoms with van der Waals surface area (Å²) in [6.07, 6.45) is 3.15. The number of hydrogen-bond acceptors (Lipinski definition) is 4. The summed E-state index contributed by atoms with van der Waals surface area (Å²) in [6, 6.07) is 7.91. The third kappa shape index (κ3) is 3.15. The molecule has 3 aromatic rings. The monoisotopic (exact) mass is 339 g/mol. The number of nitrogens with zero attached hydrogens (tertiary/aromatic N) is 3. The molecule has 0 atom stereocenters. The lowest BCUT2D eigenvalue weighted by Gasteiger charge is -2.12. The lowest BCUT2D eigenvalue weighted by atomic mass is 10.2. The van der Waals surface area contributed by atoms with Crippen LogP contribution in [0, 0.1) is 6.92 Å². The SMILES string of the molecule is C=CC(=O)Oc1c(C)nn(C)c1-n1ccc2ccc(OC(C)C)cc21. The first-order valence-corrected chi connectivity index (χ1v) is 8.06. The Morgan fingerprint density at radius 1 is 1.32 bits per heavy atom. The minimum atomic E-state index is -0.516. The van der Waals surface area contributed by atoms with Crippen LogP contribution in [0.1, 0.15) is 19.5 Å². The molecule has 0 aliphatic heterocycles. The van der Waals surface area contributed by atoms with E-state index in [1.165, 1.54) is 0 Å². The highest BCUT2D eigenvalue weighted by Crippen LogP contribution is 2.32. The average molecular weight is 339 g/mol. The summed E-state index contributed by atoms with van der Waals surface area (Å²) in [5.74, 6) is 1.35. The summed E-state index contributed by atoms with van der Waals surface area (Å²) in [5, 5.41) is 5.44. The topological polar surface area (TPSA) is 58.3 Å². The molecule has 0 amide bonds. The summed E-state index contributed by atoms with van der Waals surface area (Å²) < 4.78 is 14.8. The fraction of sp³-hybridized carbons (Fsp3) is 0.263. The smallest absolute Gasteiger partial charge is 0.335 e. The number of aryl methyl sites for hydroxylation is 2. The van der Waals surface area contributed by atoms with Gasteiger partial charge >= 0.3 is 5.97 Å². The van der Waals surface area contributed by atoms with E-state index in [1.54, 1.807) is 11.6 Å². The first-order valence-electron chi connectivity index (χ1n) is 8.06. The van der Waals surface area contributed by atoms with Crippen LogP contribution in [0.5, 0.6) is 11.5 Å². The molecule has 0 N–H and O–H groups in total. The summed E-state index contributed by atoms with van der Waals surface area (Å²) in [6.45, 7) is 9.22. The van der Waals surface area contributed by atoms with Crippen molar-refractivity contribution in [2.24, 2.45) is 7.05 Å². The van der Waals surface area contributed by atoms with Gasteiger partial charge in [0.15, 0.2) is 11.6 Å². The number of fused-ring (bicyclic) bond motifs is 1. The highest BCUT2D eigenvalue weighted by Gasteiger charge is 2.20. The molecule has 2 heterocycles. The Morgan fingerprint density at radius 3 is 2.76 bits per heavy atom. The Morgan fingerprint density at radius 2 is 2.08 bits per heavy atom. The Hall–Kier alpha value is -3.02. The van der Waals surface area contributed by atoms with Crippen LogP contribution < -0.4 is 9.47 Å². The van der Waals surface area contributed by atoms with Gasteiger partial charge in [-0.05, 0) is 39.0 Å². The lowest BCUT2D eigenvalue weighted by molar-refractivity contribution is -0.129. The van der Waals surface area contributed by atoms with E-state index in [-0.39, 0.29) is 6.10 Å². The summed E-state index contributed by atoms with van der Waals surface area (Å²) >= 11 is 0. The van der Waals surface area contributed by atoms with Crippen molar-refractivity contribution in [3.63, 3.8) is 0 Å². The molecule has 25 heavy (non-hydrogen) atoms. The molecule has 0 saturated heterocycles. The fourth-order valence-electron chi connectivity index (χ4n) is 2.79. The van der Waals surface area contributed by atoms with Crippen LogP contribution in [-0.4, -0.2) is 26.4 Å². The zero-order chi connectivity index (χ0) is 18.1. The number of carbonyl (C=O) groups excluding carboxylic acids is 1. The van der Waals surface area contributed by atoms with E-state index < -0.39 is 5.97 Å². The van der Waals surface area contributed by atoms with Gasteiger partial charge < -0.3 is 9.47 Å². The molecule has 6 nitrogen and oxygen atoms in total. The third-order valence-corrected chi connectivity index (χ3v) is 3.77. The van der Waals surface area contributed by atoms with Crippen LogP contribution in [0.25, 0.3) is 16.7 Å². The molecule has 6 heteroatoms. The number of esters is 1. The molecular formula is C19H21N3O3. The molecule has 0 spiro atoms. The Balaban J connectivity index is 2.16. The summed E-state index contributed by atoms with van der Waals surface area (Å²) in [4.78, 5) is 11.7. The zero-order valence-corrected chi connectivity index (χ0v) is 14.8. The maximum Gasteiger partial charge on any atom is 0.335 e. The van der Waals surface area contributed by atoms with Gasteiger partial charge in [-0.3, -0.25) is 4.57 Å². The van der Waals surface area contributed by atoms with Crippen LogP contribution in [0.4, 0.5) is 0 Å². The Labute approximate surface area is 146 Å². The van der Waals surface area contributed by atoms with E-state index in [0.29, 0.717) is 17.3 Å². The van der Waals surface area contributed by atoms with Crippen molar-refractivity contribution in [1.29, 1.82) is 0 Å². The van der Waals surface area contributed by atoms with E-state index in [9.17, 15) is 4.79 Å². The second kappa shape index (κ2) is 6.47. The standard InChI is InChI=1S/C19H21N3O3/c1-6-17(23)25-18-13(4)20-21(5)19(18)22-10-9-14-7-8-15(11-16(14)22)24-12(2)3/h6-12H,1H2,2-5H3. The molecule has 0 fully saturated rings. The molecule has 2 aromatic heterocycles. The van der Waals surface area contributed by atoms with Gasteiger partial charge in [0.05, 0.1) is 11.6 Å². The molecule has 0 radical (unpaired) electrons. The minimum absolute atomic E-state index is 0.0870. The van der Waals surface area contributed by atoms with Crippen LogP contribution in [0.3, 0.4) is 0 Å². The summed E-state index contributed by atoms with van der Waals surface area (Å²) in [5.41, 5.74) is 1.57. The predicted octanol–water partition coefficient (Wildman–Crippen LogP) is 3.55. The zero-order valence-electron chi connectivity index (χ0n) is 14.8. The predicted molar refractivity (Wildman–Crippen MR) is 96.4 cm³/mol. The second-order valence-electron chi connectivity index (χ2n) is 6.06. The molecule has 0 unspecified atom stereocenters. The first-order chi connectivity index (χ1) is 11.9. The molecule has 0 bridgehead atoms. The van der Waals surface area contributed by atoms with Crippen molar-refractivity contribution in [1.82, 2.24) is 14.3 Å². The fourth-order valence-corrected chi connectivity index (χ4v) is 2.79. The van der Waals surface area contributed by atoms with Crippen molar-refractivity contribution in [3.05, 3.63) is 48.8 Å². The Bertz CT molecular complexity index is 950. The van der Waals surface area contributed by atoms with Gasteiger partial charge in [-0.2, -0.15) is 5.10 Å². The van der Waals surface area contributed by atoms with Gasteiger partial charge in [0.25, 0.3) is 0 Å². The number of benzene rings is 1. The summed E-state index contributed by atoms with van der Waals surface area (Å²) in [7, 11) is 1.81. The van der Waals surface area contributed by atoms with Crippen molar-refractivity contribution >= 4 is 16.9 Å². The molecule has 3 rings (SSSR count). The van der Waals surface area contributed by atoms with Crippen LogP contribution >= 0.6 is 0 Å². The minimum Gasteiger partial charge on any atom is -0.491 e. The van der Waals surface area contributed by atoms with Gasteiger partial charge in [-0.25, -0.2) is 9.48 Å². The van der Waals surface area contributed by atoms with Gasteiger partial charge in [-0.15, -0.1) is 0 Å². The Kier molecular flexibility index (Phi) is 4.35. The van der Waals surface area contributed by atoms with E-state index >= 15 is 0 Å². The highest BCUT2D eigenvalue weighted by atomic mass is 16.5. The van der Waals surface area contributed by atoms with E-state index in [2.05, 4.69) is 11.7 Å². The van der Waals surface area contributed by atoms with Gasteiger partial charge in [0, 0.05) is 30.8 Å². The highest BCUT2D eigenvalue weighted by molar-refractivity contribution is 5.86. The van der Waals surface area contributed by atoms with E-state index in [1.807, 2.05) is 55.9 Å². The number of hydrogen-bond donors (Lipinski definition) is 0. The van der Waals surface area contributed by atoms with Crippen LogP contribution in [0.15, 0.2) is 43.1 Å². The number of ether oxygens (including phenoxy) is 2.